The summed E-state index contributed by atoms with van der Waals surface area (Å²) in [5.74, 6) is 0.852. The summed E-state index contributed by atoms with van der Waals surface area (Å²) < 4.78 is 0. The molecule has 1 amide bonds. The Morgan fingerprint density at radius 1 is 1.11 bits per heavy atom. The molecule has 1 N–H and O–H groups in total. The molecule has 4 nitrogen and oxygen atoms in total. The summed E-state index contributed by atoms with van der Waals surface area (Å²) in [6, 6.07) is 0. The normalized spacial score (nSPS) is 15.8. The number of amides is 1. The van der Waals surface area contributed by atoms with Crippen molar-refractivity contribution in [1.29, 1.82) is 0 Å². The van der Waals surface area contributed by atoms with Crippen molar-refractivity contribution in [3.05, 3.63) is 0 Å². The summed E-state index contributed by atoms with van der Waals surface area (Å²) in [4.78, 5) is 23.1. The molecule has 0 spiro atoms. The Morgan fingerprint density at radius 3 is 2.00 bits per heavy atom. The van der Waals surface area contributed by atoms with Crippen LogP contribution in [-0.2, 0) is 9.59 Å². The van der Waals surface area contributed by atoms with E-state index in [-0.39, 0.29) is 5.91 Å². The van der Waals surface area contributed by atoms with Gasteiger partial charge in [-0.25, -0.2) is 0 Å². The Balaban J connectivity index is 0.000000321. The zero-order chi connectivity index (χ0) is 14.0. The summed E-state index contributed by atoms with van der Waals surface area (Å²) in [6.07, 6.45) is 6.17. The van der Waals surface area contributed by atoms with Crippen LogP contribution in [0.4, 0.5) is 0 Å². The van der Waals surface area contributed by atoms with Gasteiger partial charge >= 0.3 is 0 Å². The maximum atomic E-state index is 10.8. The Bertz CT molecular complexity index is 246. The molecule has 18 heavy (non-hydrogen) atoms. The summed E-state index contributed by atoms with van der Waals surface area (Å²) in [5, 5.41) is 2.70. The number of nitrogens with zero attached hydrogens (tertiary/aromatic N) is 1. The van der Waals surface area contributed by atoms with E-state index in [9.17, 15) is 9.59 Å². The van der Waals surface area contributed by atoms with Crippen molar-refractivity contribution in [3.63, 3.8) is 0 Å². The predicted molar refractivity (Wildman–Crippen MR) is 74.5 cm³/mol. The second-order valence-corrected chi connectivity index (χ2v) is 5.23. The highest BCUT2D eigenvalue weighted by molar-refractivity contribution is 5.78. The molecule has 4 heteroatoms. The number of nitrogens with one attached hydrogen (secondary N) is 1. The molecule has 0 aromatic rings. The van der Waals surface area contributed by atoms with Crippen molar-refractivity contribution < 1.29 is 9.59 Å². The first kappa shape index (κ1) is 17.1. The largest absolute Gasteiger partial charge is 0.355 e. The highest BCUT2D eigenvalue weighted by Crippen LogP contribution is 2.23. The minimum absolute atomic E-state index is 0.0388. The minimum Gasteiger partial charge on any atom is -0.355 e. The van der Waals surface area contributed by atoms with Gasteiger partial charge in [0.05, 0.1) is 0 Å². The average Bonchev–Trinajstić information content (AvgIpc) is 2.30. The van der Waals surface area contributed by atoms with E-state index in [2.05, 4.69) is 5.32 Å². The standard InChI is InChI=1S/C8H14O.C6H14N2O/c1-7(9)8-5-3-2-4-6-8;1-6(9)7-4-5-8(2)3/h8H,2-6H2,1H3;4-5H2,1-3H3,(H,7,9). The maximum Gasteiger partial charge on any atom is 0.216 e. The van der Waals surface area contributed by atoms with E-state index in [1.54, 1.807) is 6.92 Å². The smallest absolute Gasteiger partial charge is 0.216 e. The lowest BCUT2D eigenvalue weighted by Crippen LogP contribution is -2.29. The summed E-state index contributed by atoms with van der Waals surface area (Å²) in [7, 11) is 3.95. The number of hydrogen-bond donors (Lipinski definition) is 1. The van der Waals surface area contributed by atoms with Crippen molar-refractivity contribution in [3.8, 4) is 0 Å². The molecule has 0 bridgehead atoms. The monoisotopic (exact) mass is 256 g/mol. The zero-order valence-corrected chi connectivity index (χ0v) is 12.3. The van der Waals surface area contributed by atoms with Gasteiger partial charge < -0.3 is 10.2 Å². The second-order valence-electron chi connectivity index (χ2n) is 5.23. The van der Waals surface area contributed by atoms with Crippen LogP contribution in [0.15, 0.2) is 0 Å². The second kappa shape index (κ2) is 10.1. The maximum absolute atomic E-state index is 10.8. The summed E-state index contributed by atoms with van der Waals surface area (Å²) in [5.41, 5.74) is 0. The van der Waals surface area contributed by atoms with Crippen molar-refractivity contribution >= 4 is 11.7 Å². The van der Waals surface area contributed by atoms with Crippen LogP contribution in [0.2, 0.25) is 0 Å². The number of rotatable bonds is 4. The molecule has 0 aliphatic heterocycles. The van der Waals surface area contributed by atoms with Crippen LogP contribution in [0.3, 0.4) is 0 Å². The van der Waals surface area contributed by atoms with Gasteiger partial charge in [-0.05, 0) is 33.9 Å². The molecule has 1 fully saturated rings. The molecule has 0 aromatic carbocycles. The van der Waals surface area contributed by atoms with Crippen LogP contribution in [0.5, 0.6) is 0 Å². The average molecular weight is 256 g/mol. The fourth-order valence-corrected chi connectivity index (χ4v) is 1.96. The molecule has 0 heterocycles. The molecular weight excluding hydrogens is 228 g/mol. The molecule has 0 aromatic heterocycles. The fourth-order valence-electron chi connectivity index (χ4n) is 1.96. The van der Waals surface area contributed by atoms with E-state index in [1.165, 1.54) is 26.2 Å². The lowest BCUT2D eigenvalue weighted by Gasteiger charge is -2.17. The molecule has 0 atom stereocenters. The van der Waals surface area contributed by atoms with Crippen LogP contribution < -0.4 is 5.32 Å². The van der Waals surface area contributed by atoms with Crippen LogP contribution >= 0.6 is 0 Å². The Hall–Kier alpha value is -0.900. The van der Waals surface area contributed by atoms with Gasteiger partial charge in [-0.2, -0.15) is 0 Å². The zero-order valence-electron chi connectivity index (χ0n) is 12.3. The van der Waals surface area contributed by atoms with Crippen LogP contribution in [0.25, 0.3) is 0 Å². The van der Waals surface area contributed by atoms with E-state index >= 15 is 0 Å². The van der Waals surface area contributed by atoms with Crippen molar-refractivity contribution in [2.24, 2.45) is 5.92 Å². The van der Waals surface area contributed by atoms with E-state index in [0.717, 1.165) is 25.9 Å². The fraction of sp³-hybridized carbons (Fsp3) is 0.857. The third-order valence-corrected chi connectivity index (χ3v) is 3.11. The van der Waals surface area contributed by atoms with Gasteiger partial charge in [0.15, 0.2) is 0 Å². The Kier molecular flexibility index (Phi) is 9.56. The minimum atomic E-state index is 0.0388. The van der Waals surface area contributed by atoms with Crippen LogP contribution in [-0.4, -0.2) is 43.8 Å². The van der Waals surface area contributed by atoms with Crippen molar-refractivity contribution in [2.75, 3.05) is 27.2 Å². The molecule has 1 saturated carbocycles. The third-order valence-electron chi connectivity index (χ3n) is 3.11. The van der Waals surface area contributed by atoms with Gasteiger partial charge in [0, 0.05) is 25.9 Å². The van der Waals surface area contributed by atoms with E-state index in [0.29, 0.717) is 11.7 Å². The lowest BCUT2D eigenvalue weighted by molar-refractivity contribution is -0.121. The van der Waals surface area contributed by atoms with Crippen LogP contribution in [0.1, 0.15) is 46.0 Å². The molecule has 1 rings (SSSR count). The third kappa shape index (κ3) is 10.3. The van der Waals surface area contributed by atoms with E-state index in [1.807, 2.05) is 19.0 Å². The highest BCUT2D eigenvalue weighted by Gasteiger charge is 2.16. The number of likely N-dealkylation sites (N-methyl/N-ethyl adjacent to an activating group) is 1. The first-order valence-corrected chi connectivity index (χ1v) is 6.83. The van der Waals surface area contributed by atoms with Crippen molar-refractivity contribution in [2.45, 2.75) is 46.0 Å². The highest BCUT2D eigenvalue weighted by atomic mass is 16.1. The van der Waals surface area contributed by atoms with E-state index in [4.69, 9.17) is 0 Å². The number of Topliss-reactive ketones (excluding diaryl/α,β-unsaturated/α-hetero) is 1. The SMILES string of the molecule is CC(=O)C1CCCCC1.CC(=O)NCCN(C)C. The van der Waals surface area contributed by atoms with Gasteiger partial charge in [0.2, 0.25) is 5.91 Å². The Labute approximate surface area is 111 Å². The quantitative estimate of drug-likeness (QED) is 0.835. The summed E-state index contributed by atoms with van der Waals surface area (Å²) in [6.45, 7) is 4.88. The van der Waals surface area contributed by atoms with Gasteiger partial charge in [-0.3, -0.25) is 9.59 Å². The first-order valence-electron chi connectivity index (χ1n) is 6.83. The topological polar surface area (TPSA) is 49.4 Å². The lowest BCUT2D eigenvalue weighted by atomic mass is 9.87. The number of ketones is 1. The number of hydrogen-bond acceptors (Lipinski definition) is 3. The molecule has 0 saturated heterocycles. The molecular formula is C14H28N2O2. The van der Waals surface area contributed by atoms with Gasteiger partial charge in [-0.1, -0.05) is 19.3 Å². The van der Waals surface area contributed by atoms with Gasteiger partial charge in [-0.15, -0.1) is 0 Å². The molecule has 1 aliphatic carbocycles. The number of carbonyl (C=O) groups is 2. The first-order chi connectivity index (χ1) is 8.43. The van der Waals surface area contributed by atoms with Crippen molar-refractivity contribution in [1.82, 2.24) is 10.2 Å². The molecule has 106 valence electrons. The summed E-state index contributed by atoms with van der Waals surface area (Å²) >= 11 is 0. The Morgan fingerprint density at radius 2 is 1.67 bits per heavy atom. The predicted octanol–water partition coefficient (Wildman–Crippen LogP) is 1.84. The van der Waals surface area contributed by atoms with Crippen LogP contribution in [0, 0.1) is 5.92 Å². The molecule has 1 aliphatic rings. The van der Waals surface area contributed by atoms with E-state index < -0.39 is 0 Å². The van der Waals surface area contributed by atoms with Gasteiger partial charge in [0.1, 0.15) is 5.78 Å². The molecule has 0 radical (unpaired) electrons. The number of carbonyl (C=O) groups excluding carboxylic acids is 2. The molecule has 0 unspecified atom stereocenters. The van der Waals surface area contributed by atoms with Gasteiger partial charge in [0.25, 0.3) is 0 Å².